The van der Waals surface area contributed by atoms with Gasteiger partial charge in [-0.2, -0.15) is 0 Å². The van der Waals surface area contributed by atoms with Gasteiger partial charge in [0.1, 0.15) is 5.75 Å². The summed E-state index contributed by atoms with van der Waals surface area (Å²) in [5.74, 6) is 1.01. The maximum atomic E-state index is 5.50. The molecule has 2 aromatic carbocycles. The summed E-state index contributed by atoms with van der Waals surface area (Å²) < 4.78 is 5.50. The van der Waals surface area contributed by atoms with Crippen molar-refractivity contribution in [3.63, 3.8) is 0 Å². The molecule has 0 unspecified atom stereocenters. The normalized spacial score (nSPS) is 15.6. The molecule has 0 bridgehead atoms. The Morgan fingerprint density at radius 2 is 1.64 bits per heavy atom. The lowest BCUT2D eigenvalue weighted by Crippen LogP contribution is -2.10. The average molecular weight is 293 g/mol. The van der Waals surface area contributed by atoms with Gasteiger partial charge in [-0.3, -0.25) is 0 Å². The molecule has 0 spiro atoms. The summed E-state index contributed by atoms with van der Waals surface area (Å²) in [5.41, 5.74) is 5.42. The van der Waals surface area contributed by atoms with Crippen LogP contribution >= 0.6 is 0 Å². The second-order valence-corrected chi connectivity index (χ2v) is 5.88. The molecule has 0 saturated heterocycles. The van der Waals surface area contributed by atoms with Crippen molar-refractivity contribution in [2.45, 2.75) is 32.6 Å². The zero-order chi connectivity index (χ0) is 15.2. The zero-order valence-electron chi connectivity index (χ0n) is 13.1. The highest BCUT2D eigenvalue weighted by molar-refractivity contribution is 5.52. The molecule has 4 rings (SSSR count). The summed E-state index contributed by atoms with van der Waals surface area (Å²) in [6.07, 6.45) is 6.57. The Morgan fingerprint density at radius 1 is 0.864 bits per heavy atom. The number of anilines is 1. The molecule has 2 heteroatoms. The van der Waals surface area contributed by atoms with Crippen LogP contribution in [0.25, 0.3) is 0 Å². The van der Waals surface area contributed by atoms with Crippen LogP contribution in [0.15, 0.2) is 60.4 Å². The number of nitrogens with one attached hydrogen (secondary N) is 1. The van der Waals surface area contributed by atoms with Crippen LogP contribution in [0.1, 0.15) is 30.9 Å². The van der Waals surface area contributed by atoms with E-state index in [4.69, 9.17) is 4.74 Å². The quantitative estimate of drug-likeness (QED) is 0.741. The molecule has 2 heterocycles. The summed E-state index contributed by atoms with van der Waals surface area (Å²) in [4.78, 5) is 0. The van der Waals surface area contributed by atoms with E-state index in [1.54, 1.807) is 0 Å². The van der Waals surface area contributed by atoms with Gasteiger partial charge in [-0.25, -0.2) is 0 Å². The van der Waals surface area contributed by atoms with Gasteiger partial charge in [-0.1, -0.05) is 36.4 Å². The summed E-state index contributed by atoms with van der Waals surface area (Å²) in [6, 6.07) is 16.7. The topological polar surface area (TPSA) is 21.3 Å². The molecule has 114 valence electrons. The molecule has 0 saturated carbocycles. The molecule has 22 heavy (non-hydrogen) atoms. The average Bonchev–Trinajstić information content (AvgIpc) is 2.78. The molecule has 2 aromatic rings. The highest BCUT2D eigenvalue weighted by atomic mass is 16.5. The van der Waals surface area contributed by atoms with E-state index in [9.17, 15) is 0 Å². The monoisotopic (exact) mass is 293 g/mol. The van der Waals surface area contributed by atoms with E-state index in [-0.39, 0.29) is 0 Å². The van der Waals surface area contributed by atoms with E-state index in [2.05, 4.69) is 48.6 Å². The summed E-state index contributed by atoms with van der Waals surface area (Å²) >= 11 is 0. The Labute approximate surface area is 132 Å². The number of aryl methyl sites for hydroxylation is 2. The van der Waals surface area contributed by atoms with Crippen molar-refractivity contribution in [1.82, 2.24) is 0 Å². The minimum atomic E-state index is 1.01. The maximum Gasteiger partial charge on any atom is 0.129 e. The van der Waals surface area contributed by atoms with Crippen molar-refractivity contribution in [3.8, 4) is 5.75 Å². The lowest BCUT2D eigenvalue weighted by Gasteiger charge is -2.16. The standard InChI is InChI=1S/C11H12O.C9H11N/c1-9-6-7-10-4-2-3-5-11(10)12-8-9;1-2-6-9-8(4-1)5-3-7-10-9/h2-5,8H,6-7H2,1H3;1-2,4,6,10H,3,5,7H2. The van der Waals surface area contributed by atoms with Crippen molar-refractivity contribution in [2.24, 2.45) is 0 Å². The minimum Gasteiger partial charge on any atom is -0.465 e. The molecule has 2 aliphatic heterocycles. The van der Waals surface area contributed by atoms with Gasteiger partial charge < -0.3 is 10.1 Å². The van der Waals surface area contributed by atoms with E-state index in [1.165, 1.54) is 35.2 Å². The number of ether oxygens (including phenoxy) is 1. The van der Waals surface area contributed by atoms with E-state index in [0.29, 0.717) is 0 Å². The highest BCUT2D eigenvalue weighted by Gasteiger charge is 2.06. The van der Waals surface area contributed by atoms with Crippen molar-refractivity contribution >= 4 is 5.69 Å². The third kappa shape index (κ3) is 3.70. The van der Waals surface area contributed by atoms with Crippen molar-refractivity contribution in [3.05, 3.63) is 71.5 Å². The Morgan fingerprint density at radius 3 is 2.50 bits per heavy atom. The Kier molecular flexibility index (Phi) is 4.79. The number of para-hydroxylation sites is 2. The smallest absolute Gasteiger partial charge is 0.129 e. The number of allylic oxidation sites excluding steroid dienone is 1. The molecule has 2 nitrogen and oxygen atoms in total. The number of rotatable bonds is 0. The van der Waals surface area contributed by atoms with Gasteiger partial charge >= 0.3 is 0 Å². The largest absolute Gasteiger partial charge is 0.465 e. The fraction of sp³-hybridized carbons (Fsp3) is 0.300. The van der Waals surface area contributed by atoms with Crippen LogP contribution in [-0.4, -0.2) is 6.54 Å². The highest BCUT2D eigenvalue weighted by Crippen LogP contribution is 2.24. The Bertz CT molecular complexity index is 635. The summed E-state index contributed by atoms with van der Waals surface area (Å²) in [5, 5.41) is 3.36. The van der Waals surface area contributed by atoms with Gasteiger partial charge in [-0.05, 0) is 61.4 Å². The molecule has 0 aliphatic carbocycles. The minimum absolute atomic E-state index is 1.01. The van der Waals surface area contributed by atoms with Gasteiger partial charge in [0.25, 0.3) is 0 Å². The first-order valence-corrected chi connectivity index (χ1v) is 8.05. The van der Waals surface area contributed by atoms with Crippen LogP contribution in [0.2, 0.25) is 0 Å². The van der Waals surface area contributed by atoms with Crippen LogP contribution < -0.4 is 10.1 Å². The van der Waals surface area contributed by atoms with Crippen LogP contribution in [0.4, 0.5) is 5.69 Å². The van der Waals surface area contributed by atoms with Gasteiger partial charge in [0, 0.05) is 12.2 Å². The number of hydrogen-bond donors (Lipinski definition) is 1. The van der Waals surface area contributed by atoms with E-state index >= 15 is 0 Å². The maximum absolute atomic E-state index is 5.50. The molecule has 1 N–H and O–H groups in total. The van der Waals surface area contributed by atoms with E-state index in [1.807, 2.05) is 18.4 Å². The van der Waals surface area contributed by atoms with Crippen molar-refractivity contribution < 1.29 is 4.74 Å². The van der Waals surface area contributed by atoms with E-state index in [0.717, 1.165) is 25.1 Å². The van der Waals surface area contributed by atoms with Crippen molar-refractivity contribution in [2.75, 3.05) is 11.9 Å². The van der Waals surface area contributed by atoms with Crippen LogP contribution in [0.3, 0.4) is 0 Å². The second kappa shape index (κ2) is 7.17. The number of benzene rings is 2. The van der Waals surface area contributed by atoms with Crippen LogP contribution in [0.5, 0.6) is 5.75 Å². The molecule has 0 aromatic heterocycles. The lowest BCUT2D eigenvalue weighted by molar-refractivity contribution is 0.476. The first kappa shape index (κ1) is 14.7. The predicted molar refractivity (Wildman–Crippen MR) is 92.4 cm³/mol. The molecular formula is C20H23NO. The van der Waals surface area contributed by atoms with Crippen LogP contribution in [-0.2, 0) is 12.8 Å². The third-order valence-electron chi connectivity index (χ3n) is 4.10. The molecular weight excluding hydrogens is 270 g/mol. The molecule has 0 fully saturated rings. The fourth-order valence-electron chi connectivity index (χ4n) is 2.79. The van der Waals surface area contributed by atoms with Gasteiger partial charge in [0.15, 0.2) is 0 Å². The van der Waals surface area contributed by atoms with Crippen molar-refractivity contribution in [1.29, 1.82) is 0 Å². The first-order chi connectivity index (χ1) is 10.8. The third-order valence-corrected chi connectivity index (χ3v) is 4.10. The second-order valence-electron chi connectivity index (χ2n) is 5.88. The van der Waals surface area contributed by atoms with Gasteiger partial charge in [-0.15, -0.1) is 0 Å². The molecule has 0 radical (unpaired) electrons. The number of fused-ring (bicyclic) bond motifs is 2. The predicted octanol–water partition coefficient (Wildman–Crippen LogP) is 4.96. The SMILES string of the molecule is CC1=COc2ccccc2CC1.c1ccc2c(c1)CCCN2. The summed E-state index contributed by atoms with van der Waals surface area (Å²) in [6.45, 7) is 3.24. The fourth-order valence-corrected chi connectivity index (χ4v) is 2.79. The van der Waals surface area contributed by atoms with Crippen LogP contribution in [0, 0.1) is 0 Å². The molecule has 2 aliphatic rings. The number of hydrogen-bond acceptors (Lipinski definition) is 2. The Hall–Kier alpha value is -2.22. The van der Waals surface area contributed by atoms with Gasteiger partial charge in [0.2, 0.25) is 0 Å². The summed E-state index contributed by atoms with van der Waals surface area (Å²) in [7, 11) is 0. The molecule has 0 amide bonds. The molecule has 0 atom stereocenters. The van der Waals surface area contributed by atoms with E-state index < -0.39 is 0 Å². The Balaban J connectivity index is 0.000000133. The van der Waals surface area contributed by atoms with Gasteiger partial charge in [0.05, 0.1) is 6.26 Å². The lowest BCUT2D eigenvalue weighted by atomic mass is 10.0. The zero-order valence-corrected chi connectivity index (χ0v) is 13.1. The first-order valence-electron chi connectivity index (χ1n) is 8.05.